The number of halogens is 6. The SMILES string of the molecule is CN(C)c1ccccc1C(O)(c1cccc(F)c1)C(F)(F)C(F)(F)F. The number of aliphatic hydroxyl groups is 1. The van der Waals surface area contributed by atoms with Crippen molar-refractivity contribution in [2.24, 2.45) is 0 Å². The average Bonchev–Trinajstić information content (AvgIpc) is 2.52. The van der Waals surface area contributed by atoms with Gasteiger partial charge in [-0.2, -0.15) is 22.0 Å². The molecule has 0 amide bonds. The van der Waals surface area contributed by atoms with Crippen molar-refractivity contribution in [1.29, 1.82) is 0 Å². The lowest BCUT2D eigenvalue weighted by Gasteiger charge is -2.39. The highest BCUT2D eigenvalue weighted by molar-refractivity contribution is 5.59. The van der Waals surface area contributed by atoms with Gasteiger partial charge >= 0.3 is 12.1 Å². The average molecular weight is 363 g/mol. The van der Waals surface area contributed by atoms with Crippen LogP contribution in [0.1, 0.15) is 11.1 Å². The quantitative estimate of drug-likeness (QED) is 0.818. The van der Waals surface area contributed by atoms with Crippen molar-refractivity contribution in [2.45, 2.75) is 17.7 Å². The molecule has 0 heterocycles. The van der Waals surface area contributed by atoms with Gasteiger partial charge in [-0.05, 0) is 23.8 Å². The van der Waals surface area contributed by atoms with Crippen molar-refractivity contribution in [3.63, 3.8) is 0 Å². The number of para-hydroxylation sites is 1. The maximum Gasteiger partial charge on any atom is 0.457 e. The molecule has 0 saturated carbocycles. The second kappa shape index (κ2) is 6.25. The van der Waals surface area contributed by atoms with Crippen molar-refractivity contribution < 1.29 is 31.4 Å². The summed E-state index contributed by atoms with van der Waals surface area (Å²) < 4.78 is 81.7. The van der Waals surface area contributed by atoms with Gasteiger partial charge in [-0.1, -0.05) is 30.3 Å². The van der Waals surface area contributed by atoms with E-state index < -0.39 is 34.6 Å². The van der Waals surface area contributed by atoms with E-state index in [0.717, 1.165) is 24.3 Å². The molecule has 0 aliphatic rings. The second-order valence-electron chi connectivity index (χ2n) is 5.70. The van der Waals surface area contributed by atoms with Gasteiger partial charge in [-0.15, -0.1) is 0 Å². The van der Waals surface area contributed by atoms with Gasteiger partial charge < -0.3 is 10.0 Å². The summed E-state index contributed by atoms with van der Waals surface area (Å²) in [6.45, 7) is 0. The van der Waals surface area contributed by atoms with Crippen LogP contribution >= 0.6 is 0 Å². The summed E-state index contributed by atoms with van der Waals surface area (Å²) in [7, 11) is 2.85. The number of benzene rings is 2. The first-order chi connectivity index (χ1) is 11.4. The zero-order valence-corrected chi connectivity index (χ0v) is 13.3. The van der Waals surface area contributed by atoms with Crippen molar-refractivity contribution >= 4 is 5.69 Å². The van der Waals surface area contributed by atoms with E-state index >= 15 is 0 Å². The Labute approximate surface area is 140 Å². The summed E-state index contributed by atoms with van der Waals surface area (Å²) in [5.41, 5.74) is -5.45. The normalized spacial score (nSPS) is 14.9. The standard InChI is InChI=1S/C17H15F6NO/c1-24(2)14-9-4-3-8-13(14)15(25,16(19,20)17(21,22)23)11-6-5-7-12(18)10-11/h3-10,25H,1-2H3. The number of hydrogen-bond acceptors (Lipinski definition) is 2. The Morgan fingerprint density at radius 3 is 2.00 bits per heavy atom. The van der Waals surface area contributed by atoms with E-state index in [0.29, 0.717) is 6.07 Å². The largest absolute Gasteiger partial charge is 0.457 e. The molecule has 25 heavy (non-hydrogen) atoms. The predicted octanol–water partition coefficient (Wildman–Crippen LogP) is 4.33. The van der Waals surface area contributed by atoms with Gasteiger partial charge in [0.05, 0.1) is 0 Å². The number of alkyl halides is 5. The van der Waals surface area contributed by atoms with Crippen molar-refractivity contribution in [3.05, 3.63) is 65.5 Å². The summed E-state index contributed by atoms with van der Waals surface area (Å²) in [4.78, 5) is 1.28. The lowest BCUT2D eigenvalue weighted by Crippen LogP contribution is -2.56. The molecule has 2 aromatic rings. The van der Waals surface area contributed by atoms with Crippen LogP contribution in [0, 0.1) is 5.82 Å². The van der Waals surface area contributed by atoms with Gasteiger partial charge in [0.2, 0.25) is 0 Å². The summed E-state index contributed by atoms with van der Waals surface area (Å²) in [6, 6.07) is 8.02. The molecule has 2 nitrogen and oxygen atoms in total. The van der Waals surface area contributed by atoms with Crippen LogP contribution in [0.4, 0.5) is 32.0 Å². The Morgan fingerprint density at radius 1 is 0.880 bits per heavy atom. The fraction of sp³-hybridized carbons (Fsp3) is 0.294. The zero-order chi connectivity index (χ0) is 19.0. The Hall–Kier alpha value is -2.22. The van der Waals surface area contributed by atoms with E-state index in [1.807, 2.05) is 0 Å². The minimum atomic E-state index is -6.06. The van der Waals surface area contributed by atoms with Gasteiger partial charge in [0, 0.05) is 25.3 Å². The van der Waals surface area contributed by atoms with Crippen molar-refractivity contribution in [3.8, 4) is 0 Å². The van der Waals surface area contributed by atoms with E-state index in [1.54, 1.807) is 0 Å². The van der Waals surface area contributed by atoms with Crippen LogP contribution in [0.5, 0.6) is 0 Å². The molecule has 2 aromatic carbocycles. The molecule has 8 heteroatoms. The lowest BCUT2D eigenvalue weighted by atomic mass is 9.79. The highest BCUT2D eigenvalue weighted by Gasteiger charge is 2.71. The lowest BCUT2D eigenvalue weighted by molar-refractivity contribution is -0.336. The molecule has 0 spiro atoms. The molecule has 0 saturated heterocycles. The minimum Gasteiger partial charge on any atom is -0.377 e. The molecule has 0 bridgehead atoms. The van der Waals surface area contributed by atoms with Crippen molar-refractivity contribution in [1.82, 2.24) is 0 Å². The van der Waals surface area contributed by atoms with E-state index in [9.17, 15) is 31.4 Å². The van der Waals surface area contributed by atoms with E-state index in [2.05, 4.69) is 0 Å². The Balaban J connectivity index is 2.88. The Morgan fingerprint density at radius 2 is 1.48 bits per heavy atom. The number of hydrogen-bond donors (Lipinski definition) is 1. The van der Waals surface area contributed by atoms with Crippen LogP contribution in [-0.4, -0.2) is 31.3 Å². The topological polar surface area (TPSA) is 23.5 Å². The van der Waals surface area contributed by atoms with Crippen LogP contribution in [0.25, 0.3) is 0 Å². The summed E-state index contributed by atoms with van der Waals surface area (Å²) in [6.07, 6.45) is -6.06. The minimum absolute atomic E-state index is 0.0572. The fourth-order valence-corrected chi connectivity index (χ4v) is 2.59. The molecular formula is C17H15F6NO. The number of anilines is 1. The molecule has 136 valence electrons. The monoisotopic (exact) mass is 363 g/mol. The molecule has 0 fully saturated rings. The first kappa shape index (κ1) is 19.1. The van der Waals surface area contributed by atoms with Crippen LogP contribution in [0.3, 0.4) is 0 Å². The Kier molecular flexibility index (Phi) is 4.78. The smallest absolute Gasteiger partial charge is 0.377 e. The molecule has 0 aliphatic heterocycles. The highest BCUT2D eigenvalue weighted by Crippen LogP contribution is 2.53. The van der Waals surface area contributed by atoms with E-state index in [-0.39, 0.29) is 5.69 Å². The molecule has 1 N–H and O–H groups in total. The summed E-state index contributed by atoms with van der Waals surface area (Å²) in [5.74, 6) is -6.61. The maximum atomic E-state index is 14.4. The number of rotatable bonds is 4. The third kappa shape index (κ3) is 3.06. The highest BCUT2D eigenvalue weighted by atomic mass is 19.4. The molecular weight excluding hydrogens is 348 g/mol. The molecule has 2 rings (SSSR count). The summed E-state index contributed by atoms with van der Waals surface area (Å²) in [5, 5.41) is 10.7. The molecule has 1 atom stereocenters. The van der Waals surface area contributed by atoms with Gasteiger partial charge in [-0.25, -0.2) is 4.39 Å². The molecule has 1 unspecified atom stereocenters. The van der Waals surface area contributed by atoms with E-state index in [1.165, 1.54) is 37.2 Å². The van der Waals surface area contributed by atoms with Crippen LogP contribution in [-0.2, 0) is 5.60 Å². The van der Waals surface area contributed by atoms with Gasteiger partial charge in [0.15, 0.2) is 5.60 Å². The van der Waals surface area contributed by atoms with Gasteiger partial charge in [0.25, 0.3) is 0 Å². The first-order valence-electron chi connectivity index (χ1n) is 7.12. The summed E-state index contributed by atoms with van der Waals surface area (Å²) >= 11 is 0. The van der Waals surface area contributed by atoms with Gasteiger partial charge in [-0.3, -0.25) is 0 Å². The van der Waals surface area contributed by atoms with Gasteiger partial charge in [0.1, 0.15) is 5.82 Å². The van der Waals surface area contributed by atoms with E-state index in [4.69, 9.17) is 0 Å². The number of nitrogens with zero attached hydrogens (tertiary/aromatic N) is 1. The molecule has 0 aromatic heterocycles. The Bertz CT molecular complexity index is 759. The third-order valence-electron chi connectivity index (χ3n) is 3.83. The maximum absolute atomic E-state index is 14.4. The predicted molar refractivity (Wildman–Crippen MR) is 81.2 cm³/mol. The zero-order valence-electron chi connectivity index (χ0n) is 13.3. The van der Waals surface area contributed by atoms with Crippen LogP contribution in [0.2, 0.25) is 0 Å². The molecule has 0 aliphatic carbocycles. The van der Waals surface area contributed by atoms with Crippen LogP contribution < -0.4 is 4.90 Å². The van der Waals surface area contributed by atoms with Crippen molar-refractivity contribution in [2.75, 3.05) is 19.0 Å². The first-order valence-corrected chi connectivity index (χ1v) is 7.12. The fourth-order valence-electron chi connectivity index (χ4n) is 2.59. The van der Waals surface area contributed by atoms with Crippen LogP contribution in [0.15, 0.2) is 48.5 Å². The molecule has 0 radical (unpaired) electrons. The second-order valence-corrected chi connectivity index (χ2v) is 5.70. The third-order valence-corrected chi connectivity index (χ3v) is 3.83.